The number of carbonyl (C=O) groups excluding carboxylic acids is 2. The van der Waals surface area contributed by atoms with Gasteiger partial charge in [0.1, 0.15) is 17.3 Å². The standard InChI is InChI=1S/C34H41N5O3/c1-22-7-13-28(14-8-22)39-31(21-30(37-39)34(4,5)6)36-33(41)35-27-11-9-25(10-12-27)20-26-15-17-38(18-16-26)32(40)29-19-23(2)42-24(29)3/h7-14,19,21,26H,15-18,20H2,1-6H3,(H2,35,36,41). The van der Waals surface area contributed by atoms with Crippen molar-refractivity contribution in [2.75, 3.05) is 23.7 Å². The molecule has 0 bridgehead atoms. The number of hydrogen-bond donors (Lipinski definition) is 2. The van der Waals surface area contributed by atoms with Crippen LogP contribution in [-0.4, -0.2) is 39.7 Å². The van der Waals surface area contributed by atoms with Crippen molar-refractivity contribution >= 4 is 23.4 Å². The number of rotatable bonds is 6. The Hall–Kier alpha value is -4.33. The highest BCUT2D eigenvalue weighted by Crippen LogP contribution is 2.28. The Balaban J connectivity index is 1.16. The van der Waals surface area contributed by atoms with Gasteiger partial charge < -0.3 is 14.6 Å². The lowest BCUT2D eigenvalue weighted by Crippen LogP contribution is -2.39. The Bertz CT molecular complexity index is 1550. The van der Waals surface area contributed by atoms with E-state index in [0.29, 0.717) is 23.1 Å². The number of urea groups is 1. The van der Waals surface area contributed by atoms with Crippen molar-refractivity contribution < 1.29 is 14.0 Å². The zero-order valence-corrected chi connectivity index (χ0v) is 25.5. The summed E-state index contributed by atoms with van der Waals surface area (Å²) in [6, 6.07) is 19.5. The van der Waals surface area contributed by atoms with E-state index in [1.165, 1.54) is 5.56 Å². The number of carbonyl (C=O) groups is 2. The van der Waals surface area contributed by atoms with Crippen LogP contribution in [0, 0.1) is 26.7 Å². The molecule has 8 nitrogen and oxygen atoms in total. The lowest BCUT2D eigenvalue weighted by atomic mass is 9.90. The van der Waals surface area contributed by atoms with E-state index in [9.17, 15) is 9.59 Å². The van der Waals surface area contributed by atoms with Crippen LogP contribution in [-0.2, 0) is 11.8 Å². The molecule has 3 amide bonds. The summed E-state index contributed by atoms with van der Waals surface area (Å²) in [6.07, 6.45) is 2.88. The Morgan fingerprint density at radius 3 is 2.19 bits per heavy atom. The predicted octanol–water partition coefficient (Wildman–Crippen LogP) is 7.43. The van der Waals surface area contributed by atoms with E-state index >= 15 is 0 Å². The molecule has 1 saturated heterocycles. The maximum absolute atomic E-state index is 13.0. The molecular formula is C34H41N5O3. The van der Waals surface area contributed by atoms with Crippen molar-refractivity contribution in [2.45, 2.75) is 66.2 Å². The Labute approximate surface area is 248 Å². The Morgan fingerprint density at radius 2 is 1.60 bits per heavy atom. The fourth-order valence-electron chi connectivity index (χ4n) is 5.41. The van der Waals surface area contributed by atoms with Gasteiger partial charge in [-0.15, -0.1) is 0 Å². The van der Waals surface area contributed by atoms with Crippen LogP contribution in [0.15, 0.2) is 65.1 Å². The molecule has 2 aromatic carbocycles. The van der Waals surface area contributed by atoms with Gasteiger partial charge in [0, 0.05) is 30.3 Å². The highest BCUT2D eigenvalue weighted by Gasteiger charge is 2.26. The maximum Gasteiger partial charge on any atom is 0.324 e. The molecule has 3 heterocycles. The monoisotopic (exact) mass is 567 g/mol. The number of amides is 3. The molecule has 0 radical (unpaired) electrons. The molecule has 0 saturated carbocycles. The second-order valence-electron chi connectivity index (χ2n) is 12.5. The van der Waals surface area contributed by atoms with E-state index in [0.717, 1.165) is 60.7 Å². The van der Waals surface area contributed by atoms with Crippen molar-refractivity contribution in [3.63, 3.8) is 0 Å². The molecule has 1 aliphatic heterocycles. The molecule has 220 valence electrons. The van der Waals surface area contributed by atoms with Crippen molar-refractivity contribution in [3.05, 3.63) is 94.6 Å². The number of anilines is 2. The average Bonchev–Trinajstić information content (AvgIpc) is 3.52. The number of piperidine rings is 1. The van der Waals surface area contributed by atoms with Crippen LogP contribution in [0.4, 0.5) is 16.3 Å². The van der Waals surface area contributed by atoms with E-state index in [2.05, 4.69) is 43.5 Å². The third kappa shape index (κ3) is 6.75. The molecule has 0 spiro atoms. The van der Waals surface area contributed by atoms with E-state index < -0.39 is 0 Å². The predicted molar refractivity (Wildman–Crippen MR) is 167 cm³/mol. The van der Waals surface area contributed by atoms with Crippen LogP contribution in [0.3, 0.4) is 0 Å². The lowest BCUT2D eigenvalue weighted by Gasteiger charge is -2.32. The highest BCUT2D eigenvalue weighted by atomic mass is 16.3. The summed E-state index contributed by atoms with van der Waals surface area (Å²) >= 11 is 0. The first-order chi connectivity index (χ1) is 20.0. The number of aromatic nitrogens is 2. The van der Waals surface area contributed by atoms with Crippen LogP contribution < -0.4 is 10.6 Å². The van der Waals surface area contributed by atoms with E-state index in [1.807, 2.05) is 74.2 Å². The van der Waals surface area contributed by atoms with E-state index in [1.54, 1.807) is 4.68 Å². The summed E-state index contributed by atoms with van der Waals surface area (Å²) in [5.41, 5.74) is 5.39. The van der Waals surface area contributed by atoms with Gasteiger partial charge in [0.25, 0.3) is 5.91 Å². The third-order valence-electron chi connectivity index (χ3n) is 7.91. The van der Waals surface area contributed by atoms with Crippen LogP contribution in [0.25, 0.3) is 5.69 Å². The van der Waals surface area contributed by atoms with E-state index in [-0.39, 0.29) is 17.4 Å². The Morgan fingerprint density at radius 1 is 0.929 bits per heavy atom. The largest absolute Gasteiger partial charge is 0.466 e. The van der Waals surface area contributed by atoms with Crippen LogP contribution in [0.1, 0.15) is 72.3 Å². The molecule has 5 rings (SSSR count). The van der Waals surface area contributed by atoms with Gasteiger partial charge in [-0.3, -0.25) is 10.1 Å². The van der Waals surface area contributed by atoms with Gasteiger partial charge in [-0.1, -0.05) is 50.6 Å². The summed E-state index contributed by atoms with van der Waals surface area (Å²) in [5, 5.41) is 10.7. The normalized spacial score (nSPS) is 14.2. The smallest absolute Gasteiger partial charge is 0.324 e. The number of likely N-dealkylation sites (tertiary alicyclic amines) is 1. The molecule has 1 aliphatic rings. The van der Waals surface area contributed by atoms with Crippen molar-refractivity contribution in [2.24, 2.45) is 5.92 Å². The van der Waals surface area contributed by atoms with Gasteiger partial charge in [-0.2, -0.15) is 5.10 Å². The summed E-state index contributed by atoms with van der Waals surface area (Å²) in [5.74, 6) is 2.65. The first-order valence-electron chi connectivity index (χ1n) is 14.7. The fraction of sp³-hybridized carbons (Fsp3) is 0.382. The molecule has 4 aromatic rings. The number of nitrogens with zero attached hydrogens (tertiary/aromatic N) is 3. The summed E-state index contributed by atoms with van der Waals surface area (Å²) < 4.78 is 7.33. The minimum absolute atomic E-state index is 0.0630. The zero-order chi connectivity index (χ0) is 30.0. The van der Waals surface area contributed by atoms with Crippen LogP contribution in [0.2, 0.25) is 0 Å². The molecule has 1 fully saturated rings. The molecule has 0 aliphatic carbocycles. The SMILES string of the molecule is Cc1ccc(-n2nc(C(C)(C)C)cc2NC(=O)Nc2ccc(CC3CCN(C(=O)c4cc(C)oc4C)CC3)cc2)cc1. The van der Waals surface area contributed by atoms with Gasteiger partial charge in [0.05, 0.1) is 16.9 Å². The van der Waals surface area contributed by atoms with Crippen LogP contribution in [0.5, 0.6) is 0 Å². The number of hydrogen-bond acceptors (Lipinski definition) is 4. The second kappa shape index (κ2) is 11.9. The topological polar surface area (TPSA) is 92.4 Å². The number of aryl methyl sites for hydroxylation is 3. The quantitative estimate of drug-likeness (QED) is 0.253. The first-order valence-corrected chi connectivity index (χ1v) is 14.7. The highest BCUT2D eigenvalue weighted by molar-refractivity contribution is 5.99. The van der Waals surface area contributed by atoms with Gasteiger partial charge in [-0.25, -0.2) is 9.48 Å². The van der Waals surface area contributed by atoms with Gasteiger partial charge in [0.2, 0.25) is 0 Å². The van der Waals surface area contributed by atoms with Gasteiger partial charge in [0.15, 0.2) is 0 Å². The summed E-state index contributed by atoms with van der Waals surface area (Å²) in [4.78, 5) is 27.8. The molecule has 2 aromatic heterocycles. The second-order valence-corrected chi connectivity index (χ2v) is 12.5. The number of furan rings is 1. The number of benzene rings is 2. The van der Waals surface area contributed by atoms with Gasteiger partial charge in [-0.05, 0) is 81.8 Å². The van der Waals surface area contributed by atoms with E-state index in [4.69, 9.17) is 9.52 Å². The minimum atomic E-state index is -0.323. The molecule has 42 heavy (non-hydrogen) atoms. The minimum Gasteiger partial charge on any atom is -0.466 e. The molecule has 2 N–H and O–H groups in total. The molecule has 0 atom stereocenters. The Kier molecular flexibility index (Phi) is 8.25. The summed E-state index contributed by atoms with van der Waals surface area (Å²) in [6.45, 7) is 13.6. The average molecular weight is 568 g/mol. The molecule has 0 unspecified atom stereocenters. The molecular weight excluding hydrogens is 526 g/mol. The first kappa shape index (κ1) is 29.2. The number of nitrogens with one attached hydrogen (secondary N) is 2. The summed E-state index contributed by atoms with van der Waals surface area (Å²) in [7, 11) is 0. The van der Waals surface area contributed by atoms with Gasteiger partial charge >= 0.3 is 6.03 Å². The van der Waals surface area contributed by atoms with Crippen LogP contribution >= 0.6 is 0 Å². The maximum atomic E-state index is 13.0. The zero-order valence-electron chi connectivity index (χ0n) is 25.5. The van der Waals surface area contributed by atoms with Crippen molar-refractivity contribution in [1.82, 2.24) is 14.7 Å². The third-order valence-corrected chi connectivity index (χ3v) is 7.91. The van der Waals surface area contributed by atoms with Crippen molar-refractivity contribution in [3.8, 4) is 5.69 Å². The fourth-order valence-corrected chi connectivity index (χ4v) is 5.41. The molecule has 8 heteroatoms. The lowest BCUT2D eigenvalue weighted by molar-refractivity contribution is 0.0688. The van der Waals surface area contributed by atoms with Crippen molar-refractivity contribution in [1.29, 1.82) is 0 Å².